The maximum atomic E-state index is 10.9. The van der Waals surface area contributed by atoms with E-state index >= 15 is 0 Å². The molecular formula is C34H50N2O2. The molecule has 0 amide bonds. The SMILES string of the molecule is CCC1(CC)CCC(CC)(CC)c2cc(-c3cccc(N4CCN(CCCCOC(C)=O)CC4)c3)ccc21. The van der Waals surface area contributed by atoms with Crippen LogP contribution in [0.15, 0.2) is 42.5 Å². The number of anilines is 1. The number of nitrogens with zero attached hydrogens (tertiary/aromatic N) is 2. The number of fused-ring (bicyclic) bond motifs is 1. The van der Waals surface area contributed by atoms with E-state index in [9.17, 15) is 4.79 Å². The molecule has 0 unspecified atom stereocenters. The molecule has 4 heteroatoms. The molecule has 0 saturated carbocycles. The van der Waals surface area contributed by atoms with Crippen molar-refractivity contribution in [1.29, 1.82) is 0 Å². The number of hydrogen-bond acceptors (Lipinski definition) is 4. The third-order valence-electron chi connectivity index (χ3n) is 10.0. The zero-order valence-corrected chi connectivity index (χ0v) is 24.7. The normalized spacial score (nSPS) is 18.7. The third-order valence-corrected chi connectivity index (χ3v) is 10.0. The summed E-state index contributed by atoms with van der Waals surface area (Å²) in [7, 11) is 0. The average Bonchev–Trinajstić information content (AvgIpc) is 2.96. The van der Waals surface area contributed by atoms with Gasteiger partial charge in [-0.15, -0.1) is 0 Å². The summed E-state index contributed by atoms with van der Waals surface area (Å²) < 4.78 is 5.06. The lowest BCUT2D eigenvalue weighted by Gasteiger charge is -2.48. The molecule has 1 heterocycles. The first kappa shape index (κ1) is 28.7. The first-order chi connectivity index (χ1) is 18.4. The van der Waals surface area contributed by atoms with E-state index in [1.54, 1.807) is 11.1 Å². The Balaban J connectivity index is 1.48. The highest BCUT2D eigenvalue weighted by atomic mass is 16.5. The quantitative estimate of drug-likeness (QED) is 0.225. The average molecular weight is 519 g/mol. The molecule has 1 aliphatic carbocycles. The lowest BCUT2D eigenvalue weighted by molar-refractivity contribution is -0.141. The molecular weight excluding hydrogens is 468 g/mol. The molecule has 38 heavy (non-hydrogen) atoms. The highest BCUT2D eigenvalue weighted by molar-refractivity contribution is 5.71. The van der Waals surface area contributed by atoms with E-state index in [1.807, 2.05) is 0 Å². The predicted molar refractivity (Wildman–Crippen MR) is 160 cm³/mol. The van der Waals surface area contributed by atoms with Gasteiger partial charge in [-0.05, 0) is 103 Å². The summed E-state index contributed by atoms with van der Waals surface area (Å²) in [6.07, 6.45) is 9.55. The van der Waals surface area contributed by atoms with Crippen LogP contribution >= 0.6 is 0 Å². The first-order valence-electron chi connectivity index (χ1n) is 15.3. The molecule has 208 valence electrons. The number of ether oxygens (including phenoxy) is 1. The van der Waals surface area contributed by atoms with Crippen molar-refractivity contribution in [3.8, 4) is 11.1 Å². The Hall–Kier alpha value is -2.33. The Bertz CT molecular complexity index is 1060. The van der Waals surface area contributed by atoms with Crippen LogP contribution in [0.4, 0.5) is 5.69 Å². The van der Waals surface area contributed by atoms with Gasteiger partial charge in [-0.1, -0.05) is 58.0 Å². The number of carbonyl (C=O) groups excluding carboxylic acids is 1. The van der Waals surface area contributed by atoms with Gasteiger partial charge in [0, 0.05) is 38.8 Å². The van der Waals surface area contributed by atoms with Gasteiger partial charge in [0.25, 0.3) is 0 Å². The molecule has 1 saturated heterocycles. The van der Waals surface area contributed by atoms with Gasteiger partial charge in [0.05, 0.1) is 6.61 Å². The van der Waals surface area contributed by atoms with E-state index in [-0.39, 0.29) is 5.97 Å². The fourth-order valence-electron chi connectivity index (χ4n) is 7.11. The van der Waals surface area contributed by atoms with E-state index in [0.29, 0.717) is 17.4 Å². The number of carbonyl (C=O) groups is 1. The van der Waals surface area contributed by atoms with E-state index in [2.05, 4.69) is 80.0 Å². The Labute approximate surface area is 231 Å². The number of rotatable bonds is 11. The molecule has 2 aliphatic rings. The van der Waals surface area contributed by atoms with Crippen LogP contribution in [-0.2, 0) is 20.4 Å². The van der Waals surface area contributed by atoms with Gasteiger partial charge < -0.3 is 9.64 Å². The lowest BCUT2D eigenvalue weighted by atomic mass is 9.56. The second kappa shape index (κ2) is 12.7. The molecule has 4 rings (SSSR count). The Morgan fingerprint density at radius 1 is 0.789 bits per heavy atom. The van der Waals surface area contributed by atoms with E-state index < -0.39 is 0 Å². The van der Waals surface area contributed by atoms with Crippen molar-refractivity contribution in [2.45, 2.75) is 96.8 Å². The molecule has 1 aliphatic heterocycles. The summed E-state index contributed by atoms with van der Waals surface area (Å²) in [6, 6.07) is 16.7. The number of esters is 1. The summed E-state index contributed by atoms with van der Waals surface area (Å²) in [6.45, 7) is 17.0. The monoisotopic (exact) mass is 518 g/mol. The Kier molecular flexibility index (Phi) is 9.57. The molecule has 0 N–H and O–H groups in total. The number of unbranched alkanes of at least 4 members (excludes halogenated alkanes) is 1. The fraction of sp³-hybridized carbons (Fsp3) is 0.618. The Morgan fingerprint density at radius 3 is 2.05 bits per heavy atom. The van der Waals surface area contributed by atoms with Crippen molar-refractivity contribution in [3.63, 3.8) is 0 Å². The molecule has 1 fully saturated rings. The summed E-state index contributed by atoms with van der Waals surface area (Å²) in [5.74, 6) is -0.179. The van der Waals surface area contributed by atoms with Gasteiger partial charge in [0.2, 0.25) is 0 Å². The van der Waals surface area contributed by atoms with E-state index in [0.717, 1.165) is 45.6 Å². The number of benzene rings is 2. The van der Waals surface area contributed by atoms with Gasteiger partial charge >= 0.3 is 5.97 Å². The summed E-state index contributed by atoms with van der Waals surface area (Å²) in [5.41, 5.74) is 7.94. The summed E-state index contributed by atoms with van der Waals surface area (Å²) in [4.78, 5) is 16.0. The van der Waals surface area contributed by atoms with Crippen LogP contribution in [-0.4, -0.2) is 50.2 Å². The smallest absolute Gasteiger partial charge is 0.302 e. The van der Waals surface area contributed by atoms with E-state index in [4.69, 9.17) is 4.74 Å². The zero-order chi connectivity index (χ0) is 27.2. The molecule has 0 spiro atoms. The van der Waals surface area contributed by atoms with Gasteiger partial charge in [-0.25, -0.2) is 0 Å². The van der Waals surface area contributed by atoms with Crippen LogP contribution < -0.4 is 4.90 Å². The van der Waals surface area contributed by atoms with Crippen LogP contribution in [0.1, 0.15) is 97.1 Å². The highest BCUT2D eigenvalue weighted by Crippen LogP contribution is 2.53. The largest absolute Gasteiger partial charge is 0.466 e. The number of piperazine rings is 1. The maximum absolute atomic E-state index is 10.9. The van der Waals surface area contributed by atoms with Gasteiger partial charge in [-0.2, -0.15) is 0 Å². The van der Waals surface area contributed by atoms with Crippen LogP contribution in [0.25, 0.3) is 11.1 Å². The molecule has 0 radical (unpaired) electrons. The minimum absolute atomic E-state index is 0.179. The van der Waals surface area contributed by atoms with Crippen molar-refractivity contribution in [2.24, 2.45) is 0 Å². The minimum Gasteiger partial charge on any atom is -0.466 e. The standard InChI is InChI=1S/C34H50N2O2/c1-6-33(7-2)17-18-34(8-3,9-4)32-26-29(15-16-31(32)33)28-13-12-14-30(25-28)36-22-20-35(21-23-36)19-10-11-24-38-27(5)37/h12-16,25-26H,6-11,17-24H2,1-5H3. The van der Waals surface area contributed by atoms with Gasteiger partial charge in [0.15, 0.2) is 0 Å². The van der Waals surface area contributed by atoms with Crippen LogP contribution in [0.3, 0.4) is 0 Å². The van der Waals surface area contributed by atoms with Crippen molar-refractivity contribution in [3.05, 3.63) is 53.6 Å². The topological polar surface area (TPSA) is 32.8 Å². The van der Waals surface area contributed by atoms with Crippen molar-refractivity contribution >= 4 is 11.7 Å². The summed E-state index contributed by atoms with van der Waals surface area (Å²) in [5, 5.41) is 0. The van der Waals surface area contributed by atoms with Crippen molar-refractivity contribution in [2.75, 3.05) is 44.2 Å². The van der Waals surface area contributed by atoms with Crippen LogP contribution in [0.5, 0.6) is 0 Å². The molecule has 2 aromatic carbocycles. The number of hydrogen-bond donors (Lipinski definition) is 0. The highest BCUT2D eigenvalue weighted by Gasteiger charge is 2.43. The second-order valence-electron chi connectivity index (χ2n) is 11.7. The third kappa shape index (κ3) is 5.96. The fourth-order valence-corrected chi connectivity index (χ4v) is 7.11. The zero-order valence-electron chi connectivity index (χ0n) is 24.7. The lowest BCUT2D eigenvalue weighted by Crippen LogP contribution is -2.46. The molecule has 2 aromatic rings. The van der Waals surface area contributed by atoms with Crippen LogP contribution in [0.2, 0.25) is 0 Å². The van der Waals surface area contributed by atoms with E-state index in [1.165, 1.54) is 62.3 Å². The molecule has 0 atom stereocenters. The summed E-state index contributed by atoms with van der Waals surface area (Å²) >= 11 is 0. The molecule has 4 nitrogen and oxygen atoms in total. The van der Waals surface area contributed by atoms with Gasteiger partial charge in [-0.3, -0.25) is 9.69 Å². The second-order valence-corrected chi connectivity index (χ2v) is 11.7. The Morgan fingerprint density at radius 2 is 1.42 bits per heavy atom. The minimum atomic E-state index is -0.179. The predicted octanol–water partition coefficient (Wildman–Crippen LogP) is 7.73. The first-order valence-corrected chi connectivity index (χ1v) is 15.3. The maximum Gasteiger partial charge on any atom is 0.302 e. The van der Waals surface area contributed by atoms with Crippen molar-refractivity contribution < 1.29 is 9.53 Å². The van der Waals surface area contributed by atoms with Crippen molar-refractivity contribution in [1.82, 2.24) is 4.90 Å². The van der Waals surface area contributed by atoms with Gasteiger partial charge in [0.1, 0.15) is 0 Å². The molecule has 0 aromatic heterocycles. The molecule has 0 bridgehead atoms. The van der Waals surface area contributed by atoms with Crippen LogP contribution in [0, 0.1) is 0 Å².